The van der Waals surface area contributed by atoms with Crippen molar-refractivity contribution >= 4 is 11.3 Å². The lowest BCUT2D eigenvalue weighted by molar-refractivity contribution is 0.146. The van der Waals surface area contributed by atoms with Crippen LogP contribution in [0.5, 0.6) is 0 Å². The van der Waals surface area contributed by atoms with Gasteiger partial charge in [0.15, 0.2) is 0 Å². The quantitative estimate of drug-likeness (QED) is 0.895. The molecule has 1 saturated carbocycles. The second-order valence-corrected chi connectivity index (χ2v) is 7.78. The molecule has 0 amide bonds. The lowest BCUT2D eigenvalue weighted by Crippen LogP contribution is -2.57. The first-order valence-corrected chi connectivity index (χ1v) is 9.11. The Morgan fingerprint density at radius 2 is 2.30 bits per heavy atom. The summed E-state index contributed by atoms with van der Waals surface area (Å²) in [6.07, 6.45) is 8.94. The number of hydrogen-bond acceptors (Lipinski definition) is 4. The van der Waals surface area contributed by atoms with E-state index in [2.05, 4.69) is 17.6 Å². The van der Waals surface area contributed by atoms with E-state index < -0.39 is 0 Å². The molecule has 4 rings (SSSR count). The summed E-state index contributed by atoms with van der Waals surface area (Å²) in [5.74, 6) is 0.683. The number of fused-ring (bicyclic) bond motifs is 1. The Morgan fingerprint density at radius 1 is 1.40 bits per heavy atom. The van der Waals surface area contributed by atoms with Gasteiger partial charge in [0.25, 0.3) is 0 Å². The summed E-state index contributed by atoms with van der Waals surface area (Å²) >= 11 is 2.01. The van der Waals surface area contributed by atoms with Crippen LogP contribution in [0.25, 0.3) is 0 Å². The highest BCUT2D eigenvalue weighted by Gasteiger charge is 2.47. The van der Waals surface area contributed by atoms with Gasteiger partial charge in [0.2, 0.25) is 0 Å². The van der Waals surface area contributed by atoms with Crippen molar-refractivity contribution in [1.82, 2.24) is 15.6 Å². The van der Waals surface area contributed by atoms with Crippen LogP contribution in [-0.4, -0.2) is 24.1 Å². The molecule has 2 fully saturated rings. The third kappa shape index (κ3) is 2.13. The predicted octanol–water partition coefficient (Wildman–Crippen LogP) is 2.60. The van der Waals surface area contributed by atoms with Crippen molar-refractivity contribution in [3.8, 4) is 0 Å². The fourth-order valence-electron chi connectivity index (χ4n) is 3.94. The number of rotatable bonds is 4. The molecule has 2 N–H and O–H groups in total. The van der Waals surface area contributed by atoms with Gasteiger partial charge in [-0.05, 0) is 57.4 Å². The Bertz CT molecular complexity index is 472. The van der Waals surface area contributed by atoms with E-state index in [0.29, 0.717) is 5.92 Å². The predicted molar refractivity (Wildman–Crippen MR) is 83.2 cm³/mol. The molecule has 3 aliphatic rings. The van der Waals surface area contributed by atoms with Crippen LogP contribution in [-0.2, 0) is 18.4 Å². The van der Waals surface area contributed by atoms with Crippen molar-refractivity contribution in [3.63, 3.8) is 0 Å². The SMILES string of the molecule is CCC1CNCCC1(NC1CC1)c1nc2c(s1)CCC2. The van der Waals surface area contributed by atoms with Crippen LogP contribution in [0.2, 0.25) is 0 Å². The lowest BCUT2D eigenvalue weighted by Gasteiger charge is -2.44. The lowest BCUT2D eigenvalue weighted by atomic mass is 9.77. The van der Waals surface area contributed by atoms with Crippen LogP contribution in [0, 0.1) is 5.92 Å². The fraction of sp³-hybridized carbons (Fsp3) is 0.812. The first kappa shape index (κ1) is 13.2. The average molecular weight is 291 g/mol. The number of aromatic nitrogens is 1. The Kier molecular flexibility index (Phi) is 3.36. The van der Waals surface area contributed by atoms with Crippen molar-refractivity contribution in [1.29, 1.82) is 0 Å². The van der Waals surface area contributed by atoms with Crippen LogP contribution in [0.3, 0.4) is 0 Å². The Morgan fingerprint density at radius 3 is 3.05 bits per heavy atom. The molecule has 2 aliphatic carbocycles. The van der Waals surface area contributed by atoms with Gasteiger partial charge in [-0.1, -0.05) is 6.92 Å². The van der Waals surface area contributed by atoms with Gasteiger partial charge in [0.1, 0.15) is 5.01 Å². The minimum absolute atomic E-state index is 0.163. The molecule has 0 spiro atoms. The number of hydrogen-bond donors (Lipinski definition) is 2. The number of nitrogens with zero attached hydrogens (tertiary/aromatic N) is 1. The second-order valence-electron chi connectivity index (χ2n) is 6.69. The molecule has 2 atom stereocenters. The highest BCUT2D eigenvalue weighted by Crippen LogP contribution is 2.43. The standard InChI is InChI=1S/C16H25N3S/c1-2-11-10-17-9-8-16(11,19-12-6-7-12)15-18-13-4-3-5-14(13)20-15/h11-12,17,19H,2-10H2,1H3. The maximum Gasteiger partial charge on any atom is 0.114 e. The second kappa shape index (κ2) is 5.08. The highest BCUT2D eigenvalue weighted by molar-refractivity contribution is 7.12. The van der Waals surface area contributed by atoms with E-state index in [1.165, 1.54) is 55.6 Å². The smallest absolute Gasteiger partial charge is 0.114 e. The van der Waals surface area contributed by atoms with E-state index in [4.69, 9.17) is 4.98 Å². The van der Waals surface area contributed by atoms with Gasteiger partial charge >= 0.3 is 0 Å². The molecule has 0 radical (unpaired) electrons. The van der Waals surface area contributed by atoms with Gasteiger partial charge in [-0.15, -0.1) is 11.3 Å². The van der Waals surface area contributed by atoms with E-state index in [-0.39, 0.29) is 5.54 Å². The molecule has 1 aliphatic heterocycles. The van der Waals surface area contributed by atoms with Crippen LogP contribution < -0.4 is 10.6 Å². The molecule has 4 heteroatoms. The van der Waals surface area contributed by atoms with Crippen LogP contribution in [0.4, 0.5) is 0 Å². The minimum atomic E-state index is 0.163. The van der Waals surface area contributed by atoms with Crippen molar-refractivity contribution in [2.45, 2.75) is 63.5 Å². The normalized spacial score (nSPS) is 33.4. The number of thiazole rings is 1. The van der Waals surface area contributed by atoms with Gasteiger partial charge in [0, 0.05) is 17.5 Å². The van der Waals surface area contributed by atoms with Crippen LogP contribution >= 0.6 is 11.3 Å². The Hall–Kier alpha value is -0.450. The third-order valence-electron chi connectivity index (χ3n) is 5.29. The van der Waals surface area contributed by atoms with Crippen LogP contribution in [0.1, 0.15) is 54.6 Å². The molecule has 1 aromatic rings. The molecule has 1 aromatic heterocycles. The summed E-state index contributed by atoms with van der Waals surface area (Å²) < 4.78 is 0. The van der Waals surface area contributed by atoms with Gasteiger partial charge in [-0.2, -0.15) is 0 Å². The van der Waals surface area contributed by atoms with E-state index in [0.717, 1.165) is 19.1 Å². The molecular weight excluding hydrogens is 266 g/mol. The molecule has 3 nitrogen and oxygen atoms in total. The number of piperidine rings is 1. The maximum atomic E-state index is 5.09. The zero-order valence-corrected chi connectivity index (χ0v) is 13.2. The highest BCUT2D eigenvalue weighted by atomic mass is 32.1. The van der Waals surface area contributed by atoms with Crippen LogP contribution in [0.15, 0.2) is 0 Å². The topological polar surface area (TPSA) is 37.0 Å². The molecular formula is C16H25N3S. The Labute approximate surface area is 125 Å². The van der Waals surface area contributed by atoms with Crippen molar-refractivity contribution in [2.24, 2.45) is 5.92 Å². The fourth-order valence-corrected chi connectivity index (χ4v) is 5.35. The minimum Gasteiger partial charge on any atom is -0.316 e. The summed E-state index contributed by atoms with van der Waals surface area (Å²) in [5.41, 5.74) is 1.58. The zero-order valence-electron chi connectivity index (χ0n) is 12.4. The molecule has 2 heterocycles. The van der Waals surface area contributed by atoms with Gasteiger partial charge in [0.05, 0.1) is 11.2 Å². The van der Waals surface area contributed by atoms with Gasteiger partial charge in [-0.3, -0.25) is 0 Å². The number of aryl methyl sites for hydroxylation is 2. The first-order valence-electron chi connectivity index (χ1n) is 8.29. The summed E-state index contributed by atoms with van der Waals surface area (Å²) in [4.78, 5) is 6.67. The summed E-state index contributed by atoms with van der Waals surface area (Å²) in [5, 5.41) is 9.02. The molecule has 0 bridgehead atoms. The average Bonchev–Trinajstić information content (AvgIpc) is 3.00. The zero-order chi connectivity index (χ0) is 13.6. The van der Waals surface area contributed by atoms with E-state index >= 15 is 0 Å². The summed E-state index contributed by atoms with van der Waals surface area (Å²) in [6.45, 7) is 4.60. The van der Waals surface area contributed by atoms with Crippen molar-refractivity contribution in [2.75, 3.05) is 13.1 Å². The summed E-state index contributed by atoms with van der Waals surface area (Å²) in [7, 11) is 0. The van der Waals surface area contributed by atoms with E-state index in [9.17, 15) is 0 Å². The molecule has 20 heavy (non-hydrogen) atoms. The molecule has 0 aromatic carbocycles. The van der Waals surface area contributed by atoms with Crippen molar-refractivity contribution in [3.05, 3.63) is 15.6 Å². The monoisotopic (exact) mass is 291 g/mol. The molecule has 110 valence electrons. The van der Waals surface area contributed by atoms with E-state index in [1.807, 2.05) is 11.3 Å². The Balaban J connectivity index is 1.71. The maximum absolute atomic E-state index is 5.09. The molecule has 1 saturated heterocycles. The number of nitrogens with one attached hydrogen (secondary N) is 2. The van der Waals surface area contributed by atoms with Gasteiger partial charge < -0.3 is 10.6 Å². The molecule has 2 unspecified atom stereocenters. The van der Waals surface area contributed by atoms with Gasteiger partial charge in [-0.25, -0.2) is 4.98 Å². The largest absolute Gasteiger partial charge is 0.316 e. The summed E-state index contributed by atoms with van der Waals surface area (Å²) in [6, 6.07) is 0.751. The third-order valence-corrected chi connectivity index (χ3v) is 6.63. The van der Waals surface area contributed by atoms with E-state index in [1.54, 1.807) is 4.88 Å². The van der Waals surface area contributed by atoms with Crippen molar-refractivity contribution < 1.29 is 0 Å². The first-order chi connectivity index (χ1) is 9.82.